The second-order valence-electron chi connectivity index (χ2n) is 6.14. The summed E-state index contributed by atoms with van der Waals surface area (Å²) >= 11 is 0. The van der Waals surface area contributed by atoms with Gasteiger partial charge in [-0.25, -0.2) is 0 Å². The van der Waals surface area contributed by atoms with Gasteiger partial charge < -0.3 is 4.90 Å². The van der Waals surface area contributed by atoms with Gasteiger partial charge in [0.2, 0.25) is 0 Å². The molecule has 0 aromatic rings. The monoisotopic (exact) mass is 236 g/mol. The summed E-state index contributed by atoms with van der Waals surface area (Å²) in [7, 11) is 2.25. The highest BCUT2D eigenvalue weighted by Gasteiger charge is 2.37. The Balaban J connectivity index is 1.56. The number of Topliss-reactive ketones (excluding diaryl/α,β-unsaturated/α-hetero) is 1. The van der Waals surface area contributed by atoms with E-state index in [1.807, 2.05) is 0 Å². The summed E-state index contributed by atoms with van der Waals surface area (Å²) in [5, 5.41) is 0. The third-order valence-electron chi connectivity index (χ3n) is 4.82. The van der Waals surface area contributed by atoms with Crippen molar-refractivity contribution >= 4 is 5.78 Å². The molecule has 2 atom stereocenters. The van der Waals surface area contributed by atoms with Gasteiger partial charge in [-0.1, -0.05) is 6.42 Å². The van der Waals surface area contributed by atoms with Crippen molar-refractivity contribution in [3.05, 3.63) is 0 Å². The molecule has 3 fully saturated rings. The summed E-state index contributed by atoms with van der Waals surface area (Å²) in [6.07, 6.45) is 8.25. The number of carbonyl (C=O) groups is 1. The second kappa shape index (κ2) is 4.69. The molecule has 1 aliphatic carbocycles. The van der Waals surface area contributed by atoms with E-state index in [4.69, 9.17) is 0 Å². The Morgan fingerprint density at radius 1 is 1.18 bits per heavy atom. The number of piperidine rings is 2. The van der Waals surface area contributed by atoms with E-state index in [0.717, 1.165) is 18.9 Å². The molecule has 2 unspecified atom stereocenters. The van der Waals surface area contributed by atoms with Crippen molar-refractivity contribution in [1.82, 2.24) is 9.80 Å². The Morgan fingerprint density at radius 3 is 2.41 bits per heavy atom. The number of carbonyl (C=O) groups excluding carboxylic acids is 1. The molecule has 2 aliphatic heterocycles. The maximum Gasteiger partial charge on any atom is 0.136 e. The summed E-state index contributed by atoms with van der Waals surface area (Å²) < 4.78 is 0. The van der Waals surface area contributed by atoms with Crippen LogP contribution in [0.5, 0.6) is 0 Å². The van der Waals surface area contributed by atoms with Crippen LogP contribution in [0.2, 0.25) is 0 Å². The van der Waals surface area contributed by atoms with E-state index >= 15 is 0 Å². The van der Waals surface area contributed by atoms with E-state index in [-0.39, 0.29) is 0 Å². The Kier molecular flexibility index (Phi) is 3.22. The van der Waals surface area contributed by atoms with Gasteiger partial charge in [0.15, 0.2) is 0 Å². The predicted molar refractivity (Wildman–Crippen MR) is 68.0 cm³/mol. The number of nitrogens with zero attached hydrogens (tertiary/aromatic N) is 2. The molecule has 96 valence electrons. The van der Waals surface area contributed by atoms with E-state index in [9.17, 15) is 4.79 Å². The fourth-order valence-corrected chi connectivity index (χ4v) is 3.60. The van der Waals surface area contributed by atoms with Crippen molar-refractivity contribution in [2.24, 2.45) is 0 Å². The normalized spacial score (nSPS) is 34.4. The first-order chi connectivity index (χ1) is 8.24. The molecule has 2 heterocycles. The van der Waals surface area contributed by atoms with Crippen LogP contribution in [-0.4, -0.2) is 53.8 Å². The molecular formula is C14H24N2O. The minimum atomic E-state index is 0.506. The van der Waals surface area contributed by atoms with Crippen LogP contribution in [0.25, 0.3) is 0 Å². The molecule has 2 saturated heterocycles. The van der Waals surface area contributed by atoms with Gasteiger partial charge in [0, 0.05) is 44.1 Å². The molecule has 0 amide bonds. The van der Waals surface area contributed by atoms with Crippen molar-refractivity contribution in [3.63, 3.8) is 0 Å². The number of likely N-dealkylation sites (N-methyl/N-ethyl adjacent to an activating group) is 1. The second-order valence-corrected chi connectivity index (χ2v) is 6.14. The van der Waals surface area contributed by atoms with Crippen molar-refractivity contribution < 1.29 is 4.79 Å². The molecule has 1 saturated carbocycles. The van der Waals surface area contributed by atoms with Crippen LogP contribution in [0.3, 0.4) is 0 Å². The van der Waals surface area contributed by atoms with Crippen molar-refractivity contribution in [2.45, 2.75) is 63.1 Å². The van der Waals surface area contributed by atoms with E-state index in [2.05, 4.69) is 16.8 Å². The molecule has 3 heteroatoms. The molecule has 0 aromatic heterocycles. The van der Waals surface area contributed by atoms with Crippen molar-refractivity contribution in [2.75, 3.05) is 20.1 Å². The summed E-state index contributed by atoms with van der Waals surface area (Å²) in [6.45, 7) is 2.36. The summed E-state index contributed by atoms with van der Waals surface area (Å²) in [5.74, 6) is 0.506. The van der Waals surface area contributed by atoms with Crippen LogP contribution in [0.1, 0.15) is 44.9 Å². The van der Waals surface area contributed by atoms with Gasteiger partial charge in [-0.3, -0.25) is 9.69 Å². The first-order valence-corrected chi connectivity index (χ1v) is 7.21. The fraction of sp³-hybridized carbons (Fsp3) is 0.929. The van der Waals surface area contributed by atoms with Crippen molar-refractivity contribution in [3.8, 4) is 0 Å². The first kappa shape index (κ1) is 11.7. The number of ketones is 1. The van der Waals surface area contributed by atoms with Crippen LogP contribution in [0.4, 0.5) is 0 Å². The third-order valence-corrected chi connectivity index (χ3v) is 4.82. The zero-order valence-corrected chi connectivity index (χ0v) is 10.9. The SMILES string of the molecule is CN(CCN1C2CCCC1CC(=O)C2)C1CC1. The maximum absolute atomic E-state index is 11.6. The predicted octanol–water partition coefficient (Wildman–Crippen LogP) is 1.67. The highest BCUT2D eigenvalue weighted by molar-refractivity contribution is 5.80. The van der Waals surface area contributed by atoms with Gasteiger partial charge in [-0.15, -0.1) is 0 Å². The minimum absolute atomic E-state index is 0.506. The number of rotatable bonds is 4. The lowest BCUT2D eigenvalue weighted by molar-refractivity contribution is -0.127. The van der Waals surface area contributed by atoms with E-state index in [0.29, 0.717) is 17.9 Å². The van der Waals surface area contributed by atoms with E-state index < -0.39 is 0 Å². The highest BCUT2D eigenvalue weighted by atomic mass is 16.1. The maximum atomic E-state index is 11.6. The molecule has 3 nitrogen and oxygen atoms in total. The standard InChI is InChI=1S/C14H24N2O/c1-15(11-5-6-11)7-8-16-12-3-2-4-13(16)10-14(17)9-12/h11-13H,2-10H2,1H3. The number of fused-ring (bicyclic) bond motifs is 2. The summed E-state index contributed by atoms with van der Waals surface area (Å²) in [6, 6.07) is 2.01. The van der Waals surface area contributed by atoms with Gasteiger partial charge in [0.05, 0.1) is 0 Å². The van der Waals surface area contributed by atoms with Crippen molar-refractivity contribution in [1.29, 1.82) is 0 Å². The Bertz CT molecular complexity index is 285. The first-order valence-electron chi connectivity index (χ1n) is 7.21. The number of hydrogen-bond donors (Lipinski definition) is 0. The molecule has 0 spiro atoms. The average molecular weight is 236 g/mol. The van der Waals surface area contributed by atoms with Crippen LogP contribution in [0, 0.1) is 0 Å². The van der Waals surface area contributed by atoms with E-state index in [1.165, 1.54) is 45.2 Å². The summed E-state index contributed by atoms with van der Waals surface area (Å²) in [4.78, 5) is 16.8. The lowest BCUT2D eigenvalue weighted by atomic mass is 9.84. The van der Waals surface area contributed by atoms with Gasteiger partial charge in [-0.2, -0.15) is 0 Å². The van der Waals surface area contributed by atoms with Crippen LogP contribution >= 0.6 is 0 Å². The molecule has 0 radical (unpaired) electrons. The third kappa shape index (κ3) is 2.55. The lowest BCUT2D eigenvalue weighted by Gasteiger charge is -2.46. The Hall–Kier alpha value is -0.410. The highest BCUT2D eigenvalue weighted by Crippen LogP contribution is 2.32. The van der Waals surface area contributed by atoms with Crippen LogP contribution < -0.4 is 0 Å². The van der Waals surface area contributed by atoms with Crippen LogP contribution in [-0.2, 0) is 4.79 Å². The Labute approximate surface area is 104 Å². The van der Waals surface area contributed by atoms with Crippen LogP contribution in [0.15, 0.2) is 0 Å². The molecule has 0 N–H and O–H groups in total. The minimum Gasteiger partial charge on any atom is -0.302 e. The number of hydrogen-bond acceptors (Lipinski definition) is 3. The fourth-order valence-electron chi connectivity index (χ4n) is 3.60. The average Bonchev–Trinajstić information content (AvgIpc) is 3.09. The molecule has 2 bridgehead atoms. The molecule has 3 aliphatic rings. The molecule has 17 heavy (non-hydrogen) atoms. The van der Waals surface area contributed by atoms with Gasteiger partial charge in [0.1, 0.15) is 5.78 Å². The smallest absolute Gasteiger partial charge is 0.136 e. The largest absolute Gasteiger partial charge is 0.302 e. The molecule has 0 aromatic carbocycles. The zero-order chi connectivity index (χ0) is 11.8. The zero-order valence-electron chi connectivity index (χ0n) is 10.9. The van der Waals surface area contributed by atoms with Gasteiger partial charge in [-0.05, 0) is 32.7 Å². The Morgan fingerprint density at radius 2 is 1.82 bits per heavy atom. The molecule has 3 rings (SSSR count). The quantitative estimate of drug-likeness (QED) is 0.742. The lowest BCUT2D eigenvalue weighted by Crippen LogP contribution is -2.54. The van der Waals surface area contributed by atoms with Gasteiger partial charge in [0.25, 0.3) is 0 Å². The topological polar surface area (TPSA) is 23.6 Å². The summed E-state index contributed by atoms with van der Waals surface area (Å²) in [5.41, 5.74) is 0. The van der Waals surface area contributed by atoms with Gasteiger partial charge >= 0.3 is 0 Å². The van der Waals surface area contributed by atoms with E-state index in [1.54, 1.807) is 0 Å². The molecular weight excluding hydrogens is 212 g/mol.